The molecule has 4 aromatic carbocycles. The minimum absolute atomic E-state index is 0.00383. The van der Waals surface area contributed by atoms with Gasteiger partial charge < -0.3 is 21.3 Å². The Morgan fingerprint density at radius 1 is 0.565 bits per heavy atom. The van der Waals surface area contributed by atoms with Gasteiger partial charge in [0.2, 0.25) is 11.8 Å². The number of hydrogen-bond acceptors (Lipinski definition) is 4. The summed E-state index contributed by atoms with van der Waals surface area (Å²) < 4.78 is 0. The minimum atomic E-state index is -0.00383. The van der Waals surface area contributed by atoms with E-state index in [4.69, 9.17) is 23.2 Å². The molecule has 6 rings (SSSR count). The van der Waals surface area contributed by atoms with E-state index < -0.39 is 0 Å². The van der Waals surface area contributed by atoms with Gasteiger partial charge in [-0.2, -0.15) is 0 Å². The van der Waals surface area contributed by atoms with E-state index in [1.54, 1.807) is 13.8 Å². The zero-order chi connectivity index (χ0) is 32.2. The number of carbonyl (C=O) groups is 2. The SMILES string of the molecule is CC(=O)NCCNC1Cc2ccc(-c3cccc(-c4cccc(-c5ccc6c(c5)CC(NCCNC(C)=O)C6)c4Cl)c3Cl)cc2C1. The molecule has 0 radical (unpaired) electrons. The molecule has 8 heteroatoms. The predicted octanol–water partition coefficient (Wildman–Crippen LogP) is 6.38. The molecular formula is C38H40Cl2N4O2. The summed E-state index contributed by atoms with van der Waals surface area (Å²) in [6.07, 6.45) is 3.85. The summed E-state index contributed by atoms with van der Waals surface area (Å²) in [6, 6.07) is 26.3. The van der Waals surface area contributed by atoms with Gasteiger partial charge >= 0.3 is 0 Å². The second-order valence-electron chi connectivity index (χ2n) is 12.4. The molecule has 0 aromatic heterocycles. The molecule has 0 heterocycles. The van der Waals surface area contributed by atoms with Crippen LogP contribution in [0, 0.1) is 0 Å². The molecule has 2 amide bonds. The second kappa shape index (κ2) is 14.4. The molecule has 2 aliphatic carbocycles. The molecule has 46 heavy (non-hydrogen) atoms. The van der Waals surface area contributed by atoms with Crippen molar-refractivity contribution in [2.24, 2.45) is 0 Å². The predicted molar refractivity (Wildman–Crippen MR) is 189 cm³/mol. The molecule has 6 nitrogen and oxygen atoms in total. The maximum Gasteiger partial charge on any atom is 0.216 e. The van der Waals surface area contributed by atoms with Crippen LogP contribution in [0.2, 0.25) is 10.0 Å². The zero-order valence-electron chi connectivity index (χ0n) is 26.3. The smallest absolute Gasteiger partial charge is 0.216 e. The van der Waals surface area contributed by atoms with Gasteiger partial charge in [-0.1, -0.05) is 96.0 Å². The first-order chi connectivity index (χ1) is 22.3. The van der Waals surface area contributed by atoms with Crippen LogP contribution in [0.25, 0.3) is 33.4 Å². The van der Waals surface area contributed by atoms with Crippen LogP contribution < -0.4 is 21.3 Å². The fourth-order valence-electron chi connectivity index (χ4n) is 6.82. The Hall–Kier alpha value is -3.68. The summed E-state index contributed by atoms with van der Waals surface area (Å²) in [7, 11) is 0. The molecule has 2 atom stereocenters. The fourth-order valence-corrected chi connectivity index (χ4v) is 7.49. The Bertz CT molecular complexity index is 1640. The number of amides is 2. The summed E-state index contributed by atoms with van der Waals surface area (Å²) in [5.41, 5.74) is 11.3. The first-order valence-corrected chi connectivity index (χ1v) is 16.8. The van der Waals surface area contributed by atoms with Gasteiger partial charge in [-0.3, -0.25) is 9.59 Å². The van der Waals surface area contributed by atoms with Gasteiger partial charge in [-0.25, -0.2) is 0 Å². The van der Waals surface area contributed by atoms with E-state index in [1.165, 1.54) is 22.3 Å². The molecule has 0 fully saturated rings. The van der Waals surface area contributed by atoms with Gasteiger partial charge in [-0.15, -0.1) is 0 Å². The quantitative estimate of drug-likeness (QED) is 0.142. The lowest BCUT2D eigenvalue weighted by molar-refractivity contribution is -0.119. The summed E-state index contributed by atoms with van der Waals surface area (Å²) in [4.78, 5) is 22.3. The maximum absolute atomic E-state index is 11.2. The van der Waals surface area contributed by atoms with Crippen LogP contribution in [-0.4, -0.2) is 50.1 Å². The third-order valence-corrected chi connectivity index (χ3v) is 9.87. The van der Waals surface area contributed by atoms with E-state index in [-0.39, 0.29) is 11.8 Å². The third-order valence-electron chi connectivity index (χ3n) is 9.05. The number of hydrogen-bond donors (Lipinski definition) is 4. The molecule has 2 aliphatic rings. The molecule has 0 bridgehead atoms. The molecule has 0 aliphatic heterocycles. The zero-order valence-corrected chi connectivity index (χ0v) is 27.8. The molecule has 0 saturated heterocycles. The number of nitrogens with one attached hydrogen (secondary N) is 4. The van der Waals surface area contributed by atoms with Crippen LogP contribution in [0.5, 0.6) is 0 Å². The molecule has 238 valence electrons. The maximum atomic E-state index is 11.2. The van der Waals surface area contributed by atoms with E-state index in [9.17, 15) is 9.59 Å². The number of halogens is 2. The topological polar surface area (TPSA) is 82.3 Å². The summed E-state index contributed by atoms with van der Waals surface area (Å²) in [5, 5.41) is 14.2. The van der Waals surface area contributed by atoms with E-state index in [1.807, 2.05) is 24.3 Å². The van der Waals surface area contributed by atoms with Gasteiger partial charge in [0, 0.05) is 74.4 Å². The van der Waals surface area contributed by atoms with Crippen molar-refractivity contribution in [1.29, 1.82) is 0 Å². The van der Waals surface area contributed by atoms with Crippen LogP contribution in [0.15, 0.2) is 72.8 Å². The molecular weight excluding hydrogens is 615 g/mol. The van der Waals surface area contributed by atoms with Crippen LogP contribution >= 0.6 is 23.2 Å². The Morgan fingerprint density at radius 2 is 0.957 bits per heavy atom. The van der Waals surface area contributed by atoms with E-state index in [0.717, 1.165) is 72.2 Å². The summed E-state index contributed by atoms with van der Waals surface area (Å²) >= 11 is 14.3. The second-order valence-corrected chi connectivity index (χ2v) is 13.1. The van der Waals surface area contributed by atoms with Crippen molar-refractivity contribution in [3.8, 4) is 33.4 Å². The molecule has 4 aromatic rings. The number of carbonyl (C=O) groups excluding carboxylic acids is 2. The van der Waals surface area contributed by atoms with Gasteiger partial charge in [0.05, 0.1) is 10.0 Å². The van der Waals surface area contributed by atoms with Crippen LogP contribution in [-0.2, 0) is 35.3 Å². The average molecular weight is 656 g/mol. The Balaban J connectivity index is 1.19. The Labute approximate surface area is 281 Å². The van der Waals surface area contributed by atoms with Crippen molar-refractivity contribution >= 4 is 35.0 Å². The highest BCUT2D eigenvalue weighted by atomic mass is 35.5. The van der Waals surface area contributed by atoms with E-state index >= 15 is 0 Å². The highest BCUT2D eigenvalue weighted by Crippen LogP contribution is 2.43. The average Bonchev–Trinajstić information content (AvgIpc) is 3.64. The van der Waals surface area contributed by atoms with Gasteiger partial charge in [0.15, 0.2) is 0 Å². The van der Waals surface area contributed by atoms with Crippen molar-refractivity contribution < 1.29 is 9.59 Å². The lowest BCUT2D eigenvalue weighted by Gasteiger charge is -2.15. The lowest BCUT2D eigenvalue weighted by Crippen LogP contribution is -2.36. The van der Waals surface area contributed by atoms with Gasteiger partial charge in [0.1, 0.15) is 0 Å². The first-order valence-electron chi connectivity index (χ1n) is 16.0. The summed E-state index contributed by atoms with van der Waals surface area (Å²) in [6.45, 7) is 5.85. The minimum Gasteiger partial charge on any atom is -0.355 e. The normalized spacial score (nSPS) is 16.6. The Kier molecular flexibility index (Phi) is 10.1. The lowest BCUT2D eigenvalue weighted by atomic mass is 9.94. The highest BCUT2D eigenvalue weighted by molar-refractivity contribution is 6.39. The first kappa shape index (κ1) is 32.3. The fraction of sp³-hybridized carbons (Fsp3) is 0.316. The van der Waals surface area contributed by atoms with E-state index in [2.05, 4.69) is 69.8 Å². The summed E-state index contributed by atoms with van der Waals surface area (Å²) in [5.74, 6) is -0.00765. The standard InChI is InChI=1S/C38H40Cl2N4O2/c1-23(45)41-13-15-43-31-19-25-9-11-27(17-29(25)21-31)33-5-3-7-35(37(33)39)36-8-4-6-34(38(36)40)28-12-10-26-20-32(22-30(26)18-28)44-16-14-42-24(2)46/h3-12,17-18,31-32,43-44H,13-16,19-22H2,1-2H3,(H,41,45)(H,42,46). The number of benzene rings is 4. The number of fused-ring (bicyclic) bond motifs is 2. The monoisotopic (exact) mass is 654 g/mol. The molecule has 2 unspecified atom stereocenters. The Morgan fingerprint density at radius 3 is 1.37 bits per heavy atom. The molecule has 4 N–H and O–H groups in total. The highest BCUT2D eigenvalue weighted by Gasteiger charge is 2.24. The molecule has 0 saturated carbocycles. The van der Waals surface area contributed by atoms with Crippen molar-refractivity contribution in [2.45, 2.75) is 51.6 Å². The van der Waals surface area contributed by atoms with E-state index in [0.29, 0.717) is 35.2 Å². The number of rotatable bonds is 11. The van der Waals surface area contributed by atoms with Crippen molar-refractivity contribution in [2.75, 3.05) is 26.2 Å². The third kappa shape index (κ3) is 7.31. The van der Waals surface area contributed by atoms with Crippen LogP contribution in [0.1, 0.15) is 36.1 Å². The largest absolute Gasteiger partial charge is 0.355 e. The van der Waals surface area contributed by atoms with Gasteiger partial charge in [-0.05, 0) is 59.1 Å². The molecule has 0 spiro atoms. The van der Waals surface area contributed by atoms with Crippen molar-refractivity contribution in [3.63, 3.8) is 0 Å². The van der Waals surface area contributed by atoms with Crippen molar-refractivity contribution in [3.05, 3.63) is 105 Å². The van der Waals surface area contributed by atoms with Gasteiger partial charge in [0.25, 0.3) is 0 Å². The van der Waals surface area contributed by atoms with Crippen LogP contribution in [0.4, 0.5) is 0 Å². The van der Waals surface area contributed by atoms with Crippen LogP contribution in [0.3, 0.4) is 0 Å². The van der Waals surface area contributed by atoms with Crippen molar-refractivity contribution in [1.82, 2.24) is 21.3 Å².